The first-order valence-electron chi connectivity index (χ1n) is 10.1. The minimum Gasteiger partial charge on any atom is -0.444 e. The summed E-state index contributed by atoms with van der Waals surface area (Å²) in [5.41, 5.74) is 1.02. The Labute approximate surface area is 186 Å². The normalized spacial score (nSPS) is 16.3. The van der Waals surface area contributed by atoms with Crippen LogP contribution in [0.15, 0.2) is 24.3 Å². The molecule has 1 amide bonds. The number of aromatic nitrogens is 2. The molecular formula is C21H28ClN6O3+. The Bertz CT molecular complexity index is 941. The van der Waals surface area contributed by atoms with Crippen molar-refractivity contribution in [3.05, 3.63) is 35.1 Å². The first kappa shape index (κ1) is 22.8. The Balaban J connectivity index is 1.85. The van der Waals surface area contributed by atoms with Crippen LogP contribution in [0.2, 0.25) is 5.28 Å². The van der Waals surface area contributed by atoms with Crippen LogP contribution in [0.3, 0.4) is 0 Å². The Morgan fingerprint density at radius 2 is 1.94 bits per heavy atom. The summed E-state index contributed by atoms with van der Waals surface area (Å²) in [5, 5.41) is 15.1. The van der Waals surface area contributed by atoms with E-state index in [2.05, 4.69) is 25.9 Å². The number of nitrogens with zero attached hydrogens (tertiary/aromatic N) is 2. The van der Waals surface area contributed by atoms with Crippen molar-refractivity contribution in [2.45, 2.75) is 51.9 Å². The first-order chi connectivity index (χ1) is 14.7. The fourth-order valence-corrected chi connectivity index (χ4v) is 3.22. The number of ether oxygens (including phenoxy) is 2. The third-order valence-electron chi connectivity index (χ3n) is 4.38. The second-order valence-electron chi connectivity index (χ2n) is 8.07. The van der Waals surface area contributed by atoms with Gasteiger partial charge >= 0.3 is 6.09 Å². The molecule has 1 fully saturated rings. The van der Waals surface area contributed by atoms with Crippen molar-refractivity contribution in [3.63, 3.8) is 0 Å². The van der Waals surface area contributed by atoms with Crippen molar-refractivity contribution in [2.75, 3.05) is 22.6 Å². The molecule has 1 aliphatic rings. The predicted molar refractivity (Wildman–Crippen MR) is 121 cm³/mol. The number of carbonyl (C=O) groups is 1. The third-order valence-corrected chi connectivity index (χ3v) is 4.55. The number of hydrogen-bond acceptors (Lipinski definition) is 7. The van der Waals surface area contributed by atoms with Crippen LogP contribution in [0.4, 0.5) is 27.8 Å². The van der Waals surface area contributed by atoms with Crippen LogP contribution in [-0.4, -0.2) is 40.7 Å². The van der Waals surface area contributed by atoms with Gasteiger partial charge in [-0.2, -0.15) is 9.97 Å². The Morgan fingerprint density at radius 3 is 2.58 bits per heavy atom. The predicted octanol–water partition coefficient (Wildman–Crippen LogP) is 3.34. The lowest BCUT2D eigenvalue weighted by Gasteiger charge is -2.25. The summed E-state index contributed by atoms with van der Waals surface area (Å²) in [5.74, 6) is 0.855. The second kappa shape index (κ2) is 9.93. The van der Waals surface area contributed by atoms with Gasteiger partial charge in [-0.1, -0.05) is 12.1 Å². The van der Waals surface area contributed by atoms with Gasteiger partial charge in [-0.05, 0) is 63.8 Å². The van der Waals surface area contributed by atoms with Gasteiger partial charge in [0.15, 0.2) is 12.0 Å². The van der Waals surface area contributed by atoms with E-state index in [1.54, 1.807) is 39.0 Å². The molecule has 0 aliphatic carbocycles. The first-order valence-corrected chi connectivity index (χ1v) is 10.5. The van der Waals surface area contributed by atoms with E-state index in [1.807, 2.05) is 6.07 Å². The summed E-state index contributed by atoms with van der Waals surface area (Å²) in [6, 6.07) is 7.16. The van der Waals surface area contributed by atoms with Crippen LogP contribution >= 0.6 is 11.6 Å². The fraction of sp³-hybridized carbons (Fsp3) is 0.429. The molecule has 166 valence electrons. The van der Waals surface area contributed by atoms with E-state index in [9.17, 15) is 4.79 Å². The lowest BCUT2D eigenvalue weighted by molar-refractivity contribution is -0.104. The van der Waals surface area contributed by atoms with E-state index in [0.717, 1.165) is 19.3 Å². The third kappa shape index (κ3) is 6.53. The zero-order valence-corrected chi connectivity index (χ0v) is 18.6. The van der Waals surface area contributed by atoms with E-state index in [1.165, 1.54) is 6.21 Å². The van der Waals surface area contributed by atoms with Gasteiger partial charge in [0.1, 0.15) is 23.2 Å². The number of para-hydroxylation sites is 2. The highest BCUT2D eigenvalue weighted by atomic mass is 35.5. The summed E-state index contributed by atoms with van der Waals surface area (Å²) < 4.78 is 11.1. The molecule has 0 bridgehead atoms. The number of nitrogens with one attached hydrogen (secondary N) is 3. The molecule has 1 aromatic carbocycles. The number of benzene rings is 1. The minimum atomic E-state index is -0.615. The minimum absolute atomic E-state index is 0.0454. The molecule has 0 saturated carbocycles. The standard InChI is InChI=1S/C21H27ClN6O3/c1-21(2,3)31-20(29)25-15-9-5-4-8-14(15)24-17-13(12-23)18(28-19(22)27-17)26-16-10-6-7-11-30-16/h4-5,8-9,12,16,23H,6-7,10-11H2,1-3H3,(H,25,29)(H2,24,26,27,28)/p+1. The van der Waals surface area contributed by atoms with Gasteiger partial charge in [0.25, 0.3) is 0 Å². The molecule has 10 heteroatoms. The summed E-state index contributed by atoms with van der Waals surface area (Å²) in [7, 11) is 0. The number of hydrogen-bond donors (Lipinski definition) is 4. The highest BCUT2D eigenvalue weighted by molar-refractivity contribution is 6.28. The van der Waals surface area contributed by atoms with Crippen molar-refractivity contribution >= 4 is 46.9 Å². The molecule has 0 spiro atoms. The second-order valence-corrected chi connectivity index (χ2v) is 8.41. The largest absolute Gasteiger partial charge is 0.444 e. The Kier molecular flexibility index (Phi) is 7.29. The highest BCUT2D eigenvalue weighted by Gasteiger charge is 2.21. The molecular weight excluding hydrogens is 420 g/mol. The quantitative estimate of drug-likeness (QED) is 0.395. The zero-order chi connectivity index (χ0) is 22.4. The molecule has 1 aromatic heterocycles. The van der Waals surface area contributed by atoms with Gasteiger partial charge in [0, 0.05) is 6.61 Å². The van der Waals surface area contributed by atoms with Crippen molar-refractivity contribution in [1.29, 1.82) is 0 Å². The summed E-state index contributed by atoms with van der Waals surface area (Å²) in [6.07, 6.45) is 3.61. The number of halogens is 1. The maximum atomic E-state index is 12.2. The van der Waals surface area contributed by atoms with Gasteiger partial charge in [0.05, 0.1) is 11.4 Å². The average molecular weight is 448 g/mol. The molecule has 3 rings (SSSR count). The van der Waals surface area contributed by atoms with Gasteiger partial charge in [0.2, 0.25) is 5.28 Å². The van der Waals surface area contributed by atoms with Crippen LogP contribution in [0.25, 0.3) is 0 Å². The van der Waals surface area contributed by atoms with E-state index in [-0.39, 0.29) is 11.5 Å². The van der Waals surface area contributed by atoms with Gasteiger partial charge in [-0.15, -0.1) is 0 Å². The van der Waals surface area contributed by atoms with Crippen molar-refractivity contribution in [2.24, 2.45) is 0 Å². The Morgan fingerprint density at radius 1 is 1.23 bits per heavy atom. The topological polar surface area (TPSA) is 123 Å². The number of rotatable bonds is 6. The number of amides is 1. The van der Waals surface area contributed by atoms with E-state index in [4.69, 9.17) is 26.5 Å². The van der Waals surface area contributed by atoms with Crippen LogP contribution in [0.1, 0.15) is 45.6 Å². The zero-order valence-electron chi connectivity index (χ0n) is 17.9. The van der Waals surface area contributed by atoms with Crippen molar-refractivity contribution in [1.82, 2.24) is 9.97 Å². The SMILES string of the molecule is CC(C)(C)OC(=O)Nc1ccccc1Nc1nc(Cl)nc(NC2CCCCO2)c1C=[NH2+]. The lowest BCUT2D eigenvalue weighted by atomic mass is 10.2. The van der Waals surface area contributed by atoms with Gasteiger partial charge in [-0.25, -0.2) is 4.79 Å². The Hall–Kier alpha value is -2.91. The molecule has 5 N–H and O–H groups in total. The summed E-state index contributed by atoms with van der Waals surface area (Å²) in [6.45, 7) is 6.08. The van der Waals surface area contributed by atoms with Crippen molar-refractivity contribution < 1.29 is 19.7 Å². The molecule has 2 heterocycles. The van der Waals surface area contributed by atoms with Crippen LogP contribution < -0.4 is 21.4 Å². The molecule has 2 aromatic rings. The van der Waals surface area contributed by atoms with E-state index in [0.29, 0.717) is 35.2 Å². The number of carbonyl (C=O) groups excluding carboxylic acids is 1. The fourth-order valence-electron chi connectivity index (χ4n) is 3.05. The molecule has 1 saturated heterocycles. The average Bonchev–Trinajstić information content (AvgIpc) is 2.69. The van der Waals surface area contributed by atoms with Gasteiger partial charge in [-0.3, -0.25) is 10.7 Å². The van der Waals surface area contributed by atoms with E-state index >= 15 is 0 Å². The molecule has 0 radical (unpaired) electrons. The molecule has 9 nitrogen and oxygen atoms in total. The molecule has 1 atom stereocenters. The maximum absolute atomic E-state index is 12.2. The van der Waals surface area contributed by atoms with Crippen LogP contribution in [-0.2, 0) is 9.47 Å². The number of nitrogens with two attached hydrogens (primary N) is 1. The van der Waals surface area contributed by atoms with E-state index < -0.39 is 11.7 Å². The lowest BCUT2D eigenvalue weighted by Crippen LogP contribution is -2.33. The number of anilines is 4. The maximum Gasteiger partial charge on any atom is 0.412 e. The molecule has 1 aliphatic heterocycles. The monoisotopic (exact) mass is 447 g/mol. The van der Waals surface area contributed by atoms with Crippen molar-refractivity contribution in [3.8, 4) is 0 Å². The van der Waals surface area contributed by atoms with Crippen LogP contribution in [0, 0.1) is 0 Å². The van der Waals surface area contributed by atoms with Crippen LogP contribution in [0.5, 0.6) is 0 Å². The highest BCUT2D eigenvalue weighted by Crippen LogP contribution is 2.30. The summed E-state index contributed by atoms with van der Waals surface area (Å²) >= 11 is 6.17. The smallest absolute Gasteiger partial charge is 0.412 e. The molecule has 31 heavy (non-hydrogen) atoms. The summed E-state index contributed by atoms with van der Waals surface area (Å²) in [4.78, 5) is 20.8. The van der Waals surface area contributed by atoms with Gasteiger partial charge < -0.3 is 20.1 Å². The molecule has 1 unspecified atom stereocenters.